The van der Waals surface area contributed by atoms with Crippen LogP contribution in [0.2, 0.25) is 5.02 Å². The SMILES string of the molecule is Cc1ccc(Cl)c2sc(N(Cc3ccccc3)C(=O)C3CCCCN3S(C)(=O)=O)nc12. The van der Waals surface area contributed by atoms with Crippen LogP contribution < -0.4 is 4.90 Å². The molecule has 164 valence electrons. The largest absolute Gasteiger partial charge is 0.282 e. The van der Waals surface area contributed by atoms with Gasteiger partial charge in [0.25, 0.3) is 0 Å². The number of sulfonamides is 1. The fourth-order valence-electron chi connectivity index (χ4n) is 3.94. The van der Waals surface area contributed by atoms with E-state index in [9.17, 15) is 13.2 Å². The van der Waals surface area contributed by atoms with E-state index in [1.165, 1.54) is 21.9 Å². The van der Waals surface area contributed by atoms with Crippen molar-refractivity contribution in [3.05, 3.63) is 58.6 Å². The lowest BCUT2D eigenvalue weighted by Crippen LogP contribution is -2.52. The van der Waals surface area contributed by atoms with Crippen molar-refractivity contribution >= 4 is 54.2 Å². The number of amides is 1. The molecule has 0 spiro atoms. The molecule has 1 fully saturated rings. The first kappa shape index (κ1) is 22.2. The second-order valence-corrected chi connectivity index (χ2v) is 11.2. The van der Waals surface area contributed by atoms with E-state index in [0.29, 0.717) is 29.7 Å². The Morgan fingerprint density at radius 1 is 1.23 bits per heavy atom. The number of rotatable bonds is 5. The molecule has 1 amide bonds. The topological polar surface area (TPSA) is 70.6 Å². The summed E-state index contributed by atoms with van der Waals surface area (Å²) in [6, 6.07) is 12.7. The average molecular weight is 478 g/mol. The minimum Gasteiger partial charge on any atom is -0.282 e. The number of anilines is 1. The van der Waals surface area contributed by atoms with Crippen LogP contribution in [0.15, 0.2) is 42.5 Å². The van der Waals surface area contributed by atoms with E-state index in [2.05, 4.69) is 0 Å². The van der Waals surface area contributed by atoms with Crippen LogP contribution in [0.3, 0.4) is 0 Å². The number of fused-ring (bicyclic) bond motifs is 1. The van der Waals surface area contributed by atoms with Crippen molar-refractivity contribution in [1.82, 2.24) is 9.29 Å². The summed E-state index contributed by atoms with van der Waals surface area (Å²) in [5.74, 6) is -0.248. The van der Waals surface area contributed by atoms with Crippen molar-refractivity contribution in [3.8, 4) is 0 Å². The summed E-state index contributed by atoms with van der Waals surface area (Å²) in [6.07, 6.45) is 3.24. The predicted molar refractivity (Wildman–Crippen MR) is 126 cm³/mol. The smallest absolute Gasteiger partial charge is 0.247 e. The number of benzene rings is 2. The van der Waals surface area contributed by atoms with Gasteiger partial charge in [0.2, 0.25) is 15.9 Å². The van der Waals surface area contributed by atoms with Crippen LogP contribution in [0, 0.1) is 6.92 Å². The number of halogens is 1. The van der Waals surface area contributed by atoms with E-state index in [0.717, 1.165) is 34.2 Å². The fourth-order valence-corrected chi connectivity index (χ4v) is 6.38. The molecule has 0 radical (unpaired) electrons. The Kier molecular flexibility index (Phi) is 6.35. The lowest BCUT2D eigenvalue weighted by molar-refractivity contribution is -0.123. The van der Waals surface area contributed by atoms with Crippen molar-refractivity contribution < 1.29 is 13.2 Å². The summed E-state index contributed by atoms with van der Waals surface area (Å²) in [5, 5.41) is 1.12. The highest BCUT2D eigenvalue weighted by molar-refractivity contribution is 7.88. The molecular weight excluding hydrogens is 454 g/mol. The van der Waals surface area contributed by atoms with Gasteiger partial charge >= 0.3 is 0 Å². The lowest BCUT2D eigenvalue weighted by atomic mass is 10.0. The minimum absolute atomic E-state index is 0.248. The van der Waals surface area contributed by atoms with Crippen LogP contribution >= 0.6 is 22.9 Å². The van der Waals surface area contributed by atoms with Gasteiger partial charge in [-0.15, -0.1) is 0 Å². The zero-order chi connectivity index (χ0) is 22.2. The van der Waals surface area contributed by atoms with Crippen molar-refractivity contribution in [2.45, 2.75) is 38.8 Å². The number of hydrogen-bond acceptors (Lipinski definition) is 5. The van der Waals surface area contributed by atoms with Gasteiger partial charge in [0.15, 0.2) is 5.13 Å². The second kappa shape index (κ2) is 8.86. The molecule has 1 saturated heterocycles. The van der Waals surface area contributed by atoms with Gasteiger partial charge in [0.1, 0.15) is 6.04 Å². The van der Waals surface area contributed by atoms with Gasteiger partial charge in [-0.05, 0) is 37.0 Å². The molecule has 2 aromatic carbocycles. The van der Waals surface area contributed by atoms with Gasteiger partial charge in [-0.2, -0.15) is 4.31 Å². The van der Waals surface area contributed by atoms with Crippen molar-refractivity contribution in [2.75, 3.05) is 17.7 Å². The fraction of sp³-hybridized carbons (Fsp3) is 0.364. The highest BCUT2D eigenvalue weighted by atomic mass is 35.5. The van der Waals surface area contributed by atoms with Gasteiger partial charge in [0.05, 0.1) is 28.0 Å². The monoisotopic (exact) mass is 477 g/mol. The van der Waals surface area contributed by atoms with Gasteiger partial charge in [-0.3, -0.25) is 9.69 Å². The minimum atomic E-state index is -3.50. The third-order valence-corrected chi connectivity index (χ3v) is 8.36. The summed E-state index contributed by atoms with van der Waals surface area (Å²) in [7, 11) is -3.50. The van der Waals surface area contributed by atoms with Gasteiger partial charge in [-0.25, -0.2) is 13.4 Å². The van der Waals surface area contributed by atoms with Gasteiger partial charge in [-0.1, -0.05) is 65.8 Å². The average Bonchev–Trinajstić information content (AvgIpc) is 3.21. The first-order chi connectivity index (χ1) is 14.8. The van der Waals surface area contributed by atoms with E-state index in [-0.39, 0.29) is 5.91 Å². The normalized spacial score (nSPS) is 17.7. The summed E-state index contributed by atoms with van der Waals surface area (Å²) < 4.78 is 26.9. The van der Waals surface area contributed by atoms with E-state index < -0.39 is 16.1 Å². The summed E-state index contributed by atoms with van der Waals surface area (Å²) in [6.45, 7) is 2.63. The number of hydrogen-bond donors (Lipinski definition) is 0. The van der Waals surface area contributed by atoms with Crippen LogP contribution in [0.1, 0.15) is 30.4 Å². The predicted octanol–water partition coefficient (Wildman–Crippen LogP) is 4.61. The third kappa shape index (κ3) is 4.62. The summed E-state index contributed by atoms with van der Waals surface area (Å²) >= 11 is 7.76. The number of piperidine rings is 1. The zero-order valence-electron chi connectivity index (χ0n) is 17.4. The highest BCUT2D eigenvalue weighted by Gasteiger charge is 2.38. The van der Waals surface area contributed by atoms with Crippen LogP contribution in [0.25, 0.3) is 10.2 Å². The number of aromatic nitrogens is 1. The third-order valence-electron chi connectivity index (χ3n) is 5.53. The number of carbonyl (C=O) groups is 1. The molecule has 0 saturated carbocycles. The van der Waals surface area contributed by atoms with Crippen molar-refractivity contribution in [3.63, 3.8) is 0 Å². The maximum absolute atomic E-state index is 13.8. The number of thiazole rings is 1. The second-order valence-electron chi connectivity index (χ2n) is 7.83. The van der Waals surface area contributed by atoms with Gasteiger partial charge < -0.3 is 0 Å². The molecule has 1 atom stereocenters. The van der Waals surface area contributed by atoms with Crippen molar-refractivity contribution in [2.24, 2.45) is 0 Å². The molecular formula is C22H24ClN3O3S2. The van der Waals surface area contributed by atoms with Crippen LogP contribution in [-0.4, -0.2) is 42.5 Å². The van der Waals surface area contributed by atoms with E-state index in [1.54, 1.807) is 4.90 Å². The molecule has 4 rings (SSSR count). The number of carbonyl (C=O) groups excluding carboxylic acids is 1. The quantitative estimate of drug-likeness (QED) is 0.538. The van der Waals surface area contributed by atoms with E-state index >= 15 is 0 Å². The Bertz CT molecular complexity index is 1170. The molecule has 0 bridgehead atoms. The van der Waals surface area contributed by atoms with Crippen molar-refractivity contribution in [1.29, 1.82) is 0 Å². The Balaban J connectivity index is 1.78. The first-order valence-corrected chi connectivity index (χ1v) is 13.2. The molecule has 6 nitrogen and oxygen atoms in total. The molecule has 0 N–H and O–H groups in total. The molecule has 1 aliphatic heterocycles. The lowest BCUT2D eigenvalue weighted by Gasteiger charge is -2.35. The molecule has 3 aromatic rings. The molecule has 1 aromatic heterocycles. The summed E-state index contributed by atoms with van der Waals surface area (Å²) in [4.78, 5) is 20.1. The molecule has 1 aliphatic rings. The van der Waals surface area contributed by atoms with Crippen LogP contribution in [-0.2, 0) is 21.4 Å². The number of nitrogens with zero attached hydrogens (tertiary/aromatic N) is 3. The Morgan fingerprint density at radius 2 is 1.97 bits per heavy atom. The molecule has 2 heterocycles. The molecule has 31 heavy (non-hydrogen) atoms. The van der Waals surface area contributed by atoms with E-state index in [1.807, 2.05) is 49.4 Å². The standard InChI is InChI=1S/C22H24ClN3O3S2/c1-15-11-12-17(23)20-19(15)24-22(30-20)25(14-16-8-4-3-5-9-16)21(27)18-10-6-7-13-26(18)31(2,28)29/h3-5,8-9,11-12,18H,6-7,10,13-14H2,1-2H3. The van der Waals surface area contributed by atoms with Crippen LogP contribution in [0.5, 0.6) is 0 Å². The van der Waals surface area contributed by atoms with E-state index in [4.69, 9.17) is 16.6 Å². The zero-order valence-corrected chi connectivity index (χ0v) is 19.8. The molecule has 0 aliphatic carbocycles. The highest BCUT2D eigenvalue weighted by Crippen LogP contribution is 2.37. The first-order valence-electron chi connectivity index (χ1n) is 10.1. The number of aryl methyl sites for hydroxylation is 1. The summed E-state index contributed by atoms with van der Waals surface area (Å²) in [5.41, 5.74) is 2.69. The Hall–Kier alpha value is -2.00. The Labute approximate surface area is 191 Å². The van der Waals surface area contributed by atoms with Crippen LogP contribution in [0.4, 0.5) is 5.13 Å². The maximum atomic E-state index is 13.8. The molecule has 9 heteroatoms. The van der Waals surface area contributed by atoms with Gasteiger partial charge in [0, 0.05) is 6.54 Å². The maximum Gasteiger partial charge on any atom is 0.247 e. The molecule has 1 unspecified atom stereocenters. The Morgan fingerprint density at radius 3 is 2.65 bits per heavy atom.